The van der Waals surface area contributed by atoms with Crippen LogP contribution in [-0.2, 0) is 13.6 Å². The Balaban J connectivity index is 1.66. The van der Waals surface area contributed by atoms with E-state index in [4.69, 9.17) is 11.6 Å². The van der Waals surface area contributed by atoms with Crippen LogP contribution in [0.25, 0.3) is 0 Å². The predicted octanol–water partition coefficient (Wildman–Crippen LogP) is 3.33. The Morgan fingerprint density at radius 3 is 2.96 bits per heavy atom. The van der Waals surface area contributed by atoms with Crippen LogP contribution in [0, 0.1) is 12.8 Å². The summed E-state index contributed by atoms with van der Waals surface area (Å²) in [5.74, 6) is 0.998. The molecular formula is C18H24ClN3O. The third-order valence-corrected chi connectivity index (χ3v) is 5.16. The van der Waals surface area contributed by atoms with E-state index < -0.39 is 6.10 Å². The van der Waals surface area contributed by atoms with Crippen molar-refractivity contribution >= 4 is 11.6 Å². The van der Waals surface area contributed by atoms with Gasteiger partial charge in [0.25, 0.3) is 0 Å². The minimum Gasteiger partial charge on any atom is -0.385 e. The van der Waals surface area contributed by atoms with Gasteiger partial charge >= 0.3 is 0 Å². The van der Waals surface area contributed by atoms with Crippen LogP contribution in [0.2, 0.25) is 5.02 Å². The molecule has 0 aliphatic carbocycles. The number of hydrogen-bond donors (Lipinski definition) is 1. The Labute approximate surface area is 142 Å². The molecule has 0 radical (unpaired) electrons. The molecule has 3 rings (SSSR count). The number of benzene rings is 1. The zero-order valence-corrected chi connectivity index (χ0v) is 14.5. The van der Waals surface area contributed by atoms with Crippen molar-refractivity contribution in [3.8, 4) is 0 Å². The summed E-state index contributed by atoms with van der Waals surface area (Å²) >= 11 is 6.10. The smallest absolute Gasteiger partial charge is 0.137 e. The van der Waals surface area contributed by atoms with E-state index in [9.17, 15) is 5.11 Å². The molecule has 0 spiro atoms. The topological polar surface area (TPSA) is 41.3 Å². The standard InChI is InChI=1S/C18H24ClN3O/c1-13-10-14(5-6-16(13)19)11-22-8-3-4-15(12-22)17(23)18-20-7-9-21(18)2/h5-7,9-10,15,17,23H,3-4,8,11-12H2,1-2H3. The molecule has 2 aromatic rings. The van der Waals surface area contributed by atoms with E-state index in [-0.39, 0.29) is 5.92 Å². The van der Waals surface area contributed by atoms with Gasteiger partial charge in [0.1, 0.15) is 11.9 Å². The van der Waals surface area contributed by atoms with Gasteiger partial charge in [0.2, 0.25) is 0 Å². The van der Waals surface area contributed by atoms with Crippen molar-refractivity contribution in [2.24, 2.45) is 13.0 Å². The van der Waals surface area contributed by atoms with Gasteiger partial charge in [-0.1, -0.05) is 23.7 Å². The first-order chi connectivity index (χ1) is 11.0. The molecule has 4 nitrogen and oxygen atoms in total. The molecule has 5 heteroatoms. The monoisotopic (exact) mass is 333 g/mol. The highest BCUT2D eigenvalue weighted by Gasteiger charge is 2.29. The van der Waals surface area contributed by atoms with E-state index >= 15 is 0 Å². The number of imidazole rings is 1. The Hall–Kier alpha value is -1.36. The molecule has 1 saturated heterocycles. The number of rotatable bonds is 4. The number of aliphatic hydroxyl groups excluding tert-OH is 1. The van der Waals surface area contributed by atoms with Crippen molar-refractivity contribution in [3.63, 3.8) is 0 Å². The highest BCUT2D eigenvalue weighted by atomic mass is 35.5. The summed E-state index contributed by atoms with van der Waals surface area (Å²) in [5.41, 5.74) is 2.39. The molecule has 1 aromatic carbocycles. The average Bonchev–Trinajstić information content (AvgIpc) is 2.96. The normalized spacial score (nSPS) is 20.6. The maximum absolute atomic E-state index is 10.7. The molecule has 0 saturated carbocycles. The van der Waals surface area contributed by atoms with Crippen molar-refractivity contribution in [2.45, 2.75) is 32.4 Å². The fraction of sp³-hybridized carbons (Fsp3) is 0.500. The van der Waals surface area contributed by atoms with Crippen LogP contribution >= 0.6 is 11.6 Å². The number of halogens is 1. The number of piperidine rings is 1. The van der Waals surface area contributed by atoms with Crippen LogP contribution in [0.1, 0.15) is 35.9 Å². The Kier molecular flexibility index (Phi) is 5.05. The van der Waals surface area contributed by atoms with E-state index in [1.165, 1.54) is 5.56 Å². The van der Waals surface area contributed by atoms with Gasteiger partial charge < -0.3 is 9.67 Å². The largest absolute Gasteiger partial charge is 0.385 e. The van der Waals surface area contributed by atoms with Crippen LogP contribution in [0.4, 0.5) is 0 Å². The Bertz CT molecular complexity index is 670. The fourth-order valence-electron chi connectivity index (χ4n) is 3.43. The number of hydrogen-bond acceptors (Lipinski definition) is 3. The van der Waals surface area contributed by atoms with Crippen LogP contribution in [0.3, 0.4) is 0 Å². The molecule has 1 aliphatic rings. The average molecular weight is 334 g/mol. The van der Waals surface area contributed by atoms with Gasteiger partial charge in [0, 0.05) is 43.5 Å². The lowest BCUT2D eigenvalue weighted by atomic mass is 9.91. The number of aromatic nitrogens is 2. The third-order valence-electron chi connectivity index (χ3n) is 4.74. The van der Waals surface area contributed by atoms with Gasteiger partial charge in [0.15, 0.2) is 0 Å². The van der Waals surface area contributed by atoms with Crippen molar-refractivity contribution in [3.05, 3.63) is 52.6 Å². The predicted molar refractivity (Wildman–Crippen MR) is 92.4 cm³/mol. The summed E-state index contributed by atoms with van der Waals surface area (Å²) in [6.07, 6.45) is 5.29. The lowest BCUT2D eigenvalue weighted by Crippen LogP contribution is -2.37. The molecular weight excluding hydrogens is 310 g/mol. The van der Waals surface area contributed by atoms with Crippen LogP contribution in [0.5, 0.6) is 0 Å². The Morgan fingerprint density at radius 1 is 1.43 bits per heavy atom. The summed E-state index contributed by atoms with van der Waals surface area (Å²) in [5, 5.41) is 11.5. The second-order valence-corrected chi connectivity index (χ2v) is 6.97. The Morgan fingerprint density at radius 2 is 2.26 bits per heavy atom. The quantitative estimate of drug-likeness (QED) is 0.933. The first-order valence-corrected chi connectivity index (χ1v) is 8.55. The molecule has 124 valence electrons. The lowest BCUT2D eigenvalue weighted by Gasteiger charge is -2.35. The highest BCUT2D eigenvalue weighted by Crippen LogP contribution is 2.29. The summed E-state index contributed by atoms with van der Waals surface area (Å²) < 4.78 is 1.91. The van der Waals surface area contributed by atoms with Gasteiger partial charge in [-0.05, 0) is 43.5 Å². The summed E-state index contributed by atoms with van der Waals surface area (Å²) in [4.78, 5) is 6.72. The number of aliphatic hydroxyl groups is 1. The van der Waals surface area contributed by atoms with Gasteiger partial charge in [-0.15, -0.1) is 0 Å². The number of aryl methyl sites for hydroxylation is 2. The molecule has 0 bridgehead atoms. The molecule has 23 heavy (non-hydrogen) atoms. The molecule has 2 unspecified atom stereocenters. The van der Waals surface area contributed by atoms with Gasteiger partial charge in [0.05, 0.1) is 0 Å². The van der Waals surface area contributed by atoms with E-state index in [1.807, 2.05) is 30.8 Å². The lowest BCUT2D eigenvalue weighted by molar-refractivity contribution is 0.0405. The first kappa shape index (κ1) is 16.5. The zero-order valence-electron chi connectivity index (χ0n) is 13.7. The van der Waals surface area contributed by atoms with Gasteiger partial charge in [-0.3, -0.25) is 4.90 Å². The van der Waals surface area contributed by atoms with Crippen molar-refractivity contribution in [1.29, 1.82) is 0 Å². The summed E-state index contributed by atoms with van der Waals surface area (Å²) in [7, 11) is 1.93. The maximum Gasteiger partial charge on any atom is 0.137 e. The molecule has 2 heterocycles. The van der Waals surface area contributed by atoms with E-state index in [0.29, 0.717) is 0 Å². The number of likely N-dealkylation sites (tertiary alicyclic amines) is 1. The van der Waals surface area contributed by atoms with Crippen LogP contribution in [-0.4, -0.2) is 32.6 Å². The third kappa shape index (κ3) is 3.77. The van der Waals surface area contributed by atoms with Crippen LogP contribution < -0.4 is 0 Å². The summed E-state index contributed by atoms with van der Waals surface area (Å²) in [6.45, 7) is 4.92. The fourth-order valence-corrected chi connectivity index (χ4v) is 3.55. The van der Waals surface area contributed by atoms with Gasteiger partial charge in [-0.2, -0.15) is 0 Å². The molecule has 1 aromatic heterocycles. The summed E-state index contributed by atoms with van der Waals surface area (Å²) in [6, 6.07) is 6.21. The number of nitrogens with zero attached hydrogens (tertiary/aromatic N) is 3. The second kappa shape index (κ2) is 7.04. The molecule has 1 fully saturated rings. The van der Waals surface area contributed by atoms with E-state index in [1.54, 1.807) is 6.20 Å². The molecule has 0 amide bonds. The van der Waals surface area contributed by atoms with E-state index in [2.05, 4.69) is 22.0 Å². The second-order valence-electron chi connectivity index (χ2n) is 6.56. The molecule has 2 atom stereocenters. The van der Waals surface area contributed by atoms with E-state index in [0.717, 1.165) is 48.9 Å². The maximum atomic E-state index is 10.7. The molecule has 1 N–H and O–H groups in total. The molecule has 1 aliphatic heterocycles. The minimum absolute atomic E-state index is 0.234. The van der Waals surface area contributed by atoms with Crippen molar-refractivity contribution in [2.75, 3.05) is 13.1 Å². The van der Waals surface area contributed by atoms with Crippen molar-refractivity contribution < 1.29 is 5.11 Å². The highest BCUT2D eigenvalue weighted by molar-refractivity contribution is 6.31. The first-order valence-electron chi connectivity index (χ1n) is 8.17. The SMILES string of the molecule is Cc1cc(CN2CCCC(C(O)c3nccn3C)C2)ccc1Cl. The minimum atomic E-state index is -0.496. The van der Waals surface area contributed by atoms with Gasteiger partial charge in [-0.25, -0.2) is 4.98 Å². The zero-order chi connectivity index (χ0) is 16.4. The van der Waals surface area contributed by atoms with Crippen molar-refractivity contribution in [1.82, 2.24) is 14.5 Å². The van der Waals surface area contributed by atoms with Crippen LogP contribution in [0.15, 0.2) is 30.6 Å².